The van der Waals surface area contributed by atoms with Crippen molar-refractivity contribution in [3.05, 3.63) is 44.7 Å². The minimum absolute atomic E-state index is 0.204. The standard InChI is InChI=1S/C10H10N4O3S/c1-17-7-4-5(8(11)18)2-3-6(7)14-9(15)12-13-10(14)16/h2-4H,1H3,(H2,11,18)(H,12,15)(H,13,16). The summed E-state index contributed by atoms with van der Waals surface area (Å²) in [5, 5.41) is 4.38. The molecule has 0 amide bonds. The van der Waals surface area contributed by atoms with Crippen LogP contribution in [0.25, 0.3) is 5.69 Å². The monoisotopic (exact) mass is 266 g/mol. The van der Waals surface area contributed by atoms with E-state index in [-0.39, 0.29) is 4.99 Å². The molecule has 1 aromatic heterocycles. The second kappa shape index (κ2) is 4.49. The zero-order valence-electron chi connectivity index (χ0n) is 9.39. The number of rotatable bonds is 3. The third-order valence-electron chi connectivity index (χ3n) is 2.39. The van der Waals surface area contributed by atoms with Gasteiger partial charge in [-0.2, -0.15) is 0 Å². The lowest BCUT2D eigenvalue weighted by Gasteiger charge is -2.09. The first kappa shape index (κ1) is 12.1. The molecule has 18 heavy (non-hydrogen) atoms. The summed E-state index contributed by atoms with van der Waals surface area (Å²) >= 11 is 4.84. The Balaban J connectivity index is 2.69. The summed E-state index contributed by atoms with van der Waals surface area (Å²) in [6, 6.07) is 4.72. The van der Waals surface area contributed by atoms with Crippen LogP contribution in [-0.4, -0.2) is 26.9 Å². The number of thiocarbonyl (C=S) groups is 1. The normalized spacial score (nSPS) is 10.3. The van der Waals surface area contributed by atoms with E-state index in [0.29, 0.717) is 17.0 Å². The quantitative estimate of drug-likeness (QED) is 0.649. The number of ether oxygens (including phenoxy) is 1. The Hall–Kier alpha value is -2.35. The molecule has 1 heterocycles. The number of nitrogens with zero attached hydrogens (tertiary/aromatic N) is 1. The molecular weight excluding hydrogens is 256 g/mol. The fourth-order valence-electron chi connectivity index (χ4n) is 1.55. The zero-order chi connectivity index (χ0) is 13.3. The van der Waals surface area contributed by atoms with Crippen molar-refractivity contribution in [1.29, 1.82) is 0 Å². The molecule has 0 fully saturated rings. The number of nitrogens with one attached hydrogen (secondary N) is 2. The third-order valence-corrected chi connectivity index (χ3v) is 2.62. The maximum atomic E-state index is 11.5. The summed E-state index contributed by atoms with van der Waals surface area (Å²) in [7, 11) is 1.42. The SMILES string of the molecule is COc1cc(C(N)=S)ccc1-n1c(=O)[nH][nH]c1=O. The predicted molar refractivity (Wildman–Crippen MR) is 69.4 cm³/mol. The van der Waals surface area contributed by atoms with Crippen molar-refractivity contribution < 1.29 is 4.74 Å². The van der Waals surface area contributed by atoms with Gasteiger partial charge in [0.1, 0.15) is 10.7 Å². The van der Waals surface area contributed by atoms with E-state index >= 15 is 0 Å². The second-order valence-electron chi connectivity index (χ2n) is 3.45. The molecule has 0 saturated heterocycles. The molecule has 2 rings (SSSR count). The molecule has 0 unspecified atom stereocenters. The Morgan fingerprint density at radius 3 is 2.44 bits per heavy atom. The van der Waals surface area contributed by atoms with E-state index in [9.17, 15) is 9.59 Å². The largest absolute Gasteiger partial charge is 0.495 e. The fraction of sp³-hybridized carbons (Fsp3) is 0.100. The van der Waals surface area contributed by atoms with Crippen LogP contribution in [0.5, 0.6) is 5.75 Å². The van der Waals surface area contributed by atoms with Gasteiger partial charge >= 0.3 is 11.4 Å². The molecule has 4 N–H and O–H groups in total. The molecule has 7 nitrogen and oxygen atoms in total. The summed E-state index contributed by atoms with van der Waals surface area (Å²) < 4.78 is 6.05. The third kappa shape index (κ3) is 1.93. The second-order valence-corrected chi connectivity index (χ2v) is 3.89. The van der Waals surface area contributed by atoms with Crippen LogP contribution in [0.4, 0.5) is 0 Å². The van der Waals surface area contributed by atoms with Crippen molar-refractivity contribution in [2.24, 2.45) is 5.73 Å². The number of benzene rings is 1. The van der Waals surface area contributed by atoms with Gasteiger partial charge in [0.25, 0.3) is 0 Å². The van der Waals surface area contributed by atoms with Crippen molar-refractivity contribution >= 4 is 17.2 Å². The molecule has 2 aromatic rings. The molecule has 0 atom stereocenters. The molecule has 94 valence electrons. The molecular formula is C10H10N4O3S. The first-order chi connectivity index (χ1) is 8.54. The topological polar surface area (TPSA) is 106 Å². The minimum Gasteiger partial charge on any atom is -0.495 e. The van der Waals surface area contributed by atoms with Crippen LogP contribution < -0.4 is 21.9 Å². The van der Waals surface area contributed by atoms with E-state index in [2.05, 4.69) is 10.2 Å². The van der Waals surface area contributed by atoms with Gasteiger partial charge in [0, 0.05) is 5.56 Å². The van der Waals surface area contributed by atoms with Crippen LogP contribution in [0, 0.1) is 0 Å². The lowest BCUT2D eigenvalue weighted by Crippen LogP contribution is -2.25. The van der Waals surface area contributed by atoms with Gasteiger partial charge in [-0.1, -0.05) is 12.2 Å². The summed E-state index contributed by atoms with van der Waals surface area (Å²) in [5.41, 5.74) is 5.23. The Kier molecular flexibility index (Phi) is 3.02. The summed E-state index contributed by atoms with van der Waals surface area (Å²) in [6.07, 6.45) is 0. The molecule has 0 spiro atoms. The van der Waals surface area contributed by atoms with Gasteiger partial charge in [-0.15, -0.1) is 0 Å². The molecule has 0 saturated carbocycles. The van der Waals surface area contributed by atoms with E-state index in [1.165, 1.54) is 13.2 Å². The lowest BCUT2D eigenvalue weighted by molar-refractivity contribution is 0.412. The van der Waals surface area contributed by atoms with Crippen LogP contribution in [0.15, 0.2) is 27.8 Å². The number of hydrogen-bond acceptors (Lipinski definition) is 4. The zero-order valence-corrected chi connectivity index (χ0v) is 10.2. The van der Waals surface area contributed by atoms with E-state index in [4.69, 9.17) is 22.7 Å². The van der Waals surface area contributed by atoms with Crippen molar-refractivity contribution in [2.45, 2.75) is 0 Å². The number of aromatic nitrogens is 3. The molecule has 0 aliphatic carbocycles. The average Bonchev–Trinajstić information content (AvgIpc) is 2.68. The lowest BCUT2D eigenvalue weighted by atomic mass is 10.2. The summed E-state index contributed by atoms with van der Waals surface area (Å²) in [5.74, 6) is 0.326. The highest BCUT2D eigenvalue weighted by atomic mass is 32.1. The first-order valence-electron chi connectivity index (χ1n) is 4.92. The van der Waals surface area contributed by atoms with Crippen LogP contribution in [-0.2, 0) is 0 Å². The van der Waals surface area contributed by atoms with Crippen LogP contribution in [0.2, 0.25) is 0 Å². The van der Waals surface area contributed by atoms with Gasteiger partial charge in [0.2, 0.25) is 0 Å². The number of methoxy groups -OCH3 is 1. The highest BCUT2D eigenvalue weighted by Crippen LogP contribution is 2.22. The predicted octanol–water partition coefficient (Wildman–Crippen LogP) is -0.503. The molecule has 1 aromatic carbocycles. The van der Waals surface area contributed by atoms with E-state index in [1.54, 1.807) is 12.1 Å². The van der Waals surface area contributed by atoms with Gasteiger partial charge in [0.05, 0.1) is 12.8 Å². The summed E-state index contributed by atoms with van der Waals surface area (Å²) in [4.78, 5) is 23.2. The smallest absolute Gasteiger partial charge is 0.349 e. The summed E-state index contributed by atoms with van der Waals surface area (Å²) in [6.45, 7) is 0. The van der Waals surface area contributed by atoms with Crippen molar-refractivity contribution in [3.8, 4) is 11.4 Å². The maximum Gasteiger partial charge on any atom is 0.349 e. The Morgan fingerprint density at radius 1 is 1.33 bits per heavy atom. The fourth-order valence-corrected chi connectivity index (χ4v) is 1.67. The van der Waals surface area contributed by atoms with Gasteiger partial charge in [0.15, 0.2) is 0 Å². The van der Waals surface area contributed by atoms with E-state index in [0.717, 1.165) is 4.57 Å². The van der Waals surface area contributed by atoms with E-state index in [1.807, 2.05) is 0 Å². The molecule has 0 aliphatic rings. The first-order valence-corrected chi connectivity index (χ1v) is 5.33. The average molecular weight is 266 g/mol. The molecule has 0 radical (unpaired) electrons. The Labute approximate surface area is 106 Å². The van der Waals surface area contributed by atoms with Gasteiger partial charge < -0.3 is 10.5 Å². The van der Waals surface area contributed by atoms with Crippen LogP contribution in [0.1, 0.15) is 5.56 Å². The van der Waals surface area contributed by atoms with E-state index < -0.39 is 11.4 Å². The van der Waals surface area contributed by atoms with Gasteiger partial charge in [-0.3, -0.25) is 0 Å². The Morgan fingerprint density at radius 2 is 1.94 bits per heavy atom. The van der Waals surface area contributed by atoms with Crippen LogP contribution >= 0.6 is 12.2 Å². The highest BCUT2D eigenvalue weighted by Gasteiger charge is 2.12. The maximum absolute atomic E-state index is 11.5. The number of hydrogen-bond donors (Lipinski definition) is 3. The number of aromatic amines is 2. The Bertz CT molecular complexity index is 685. The van der Waals surface area contributed by atoms with Gasteiger partial charge in [-0.05, 0) is 18.2 Å². The highest BCUT2D eigenvalue weighted by molar-refractivity contribution is 7.80. The molecule has 8 heteroatoms. The number of nitrogens with two attached hydrogens (primary N) is 1. The van der Waals surface area contributed by atoms with Crippen LogP contribution in [0.3, 0.4) is 0 Å². The number of H-pyrrole nitrogens is 2. The van der Waals surface area contributed by atoms with Crippen molar-refractivity contribution in [2.75, 3.05) is 7.11 Å². The van der Waals surface area contributed by atoms with Crippen molar-refractivity contribution in [1.82, 2.24) is 14.8 Å². The van der Waals surface area contributed by atoms with Gasteiger partial charge in [-0.25, -0.2) is 24.4 Å². The molecule has 0 aliphatic heterocycles. The van der Waals surface area contributed by atoms with Crippen molar-refractivity contribution in [3.63, 3.8) is 0 Å². The minimum atomic E-state index is -0.582. The molecule has 0 bridgehead atoms.